The Balaban J connectivity index is 2.09. The number of aliphatic hydroxyl groups is 1. The lowest BCUT2D eigenvalue weighted by Crippen LogP contribution is -2.43. The quantitative estimate of drug-likeness (QED) is 0.680. The maximum Gasteiger partial charge on any atom is 0.241 e. The van der Waals surface area contributed by atoms with Crippen LogP contribution in [-0.4, -0.2) is 35.1 Å². The maximum absolute atomic E-state index is 13.8. The lowest BCUT2D eigenvalue weighted by Gasteiger charge is -2.27. The van der Waals surface area contributed by atoms with Gasteiger partial charge in [-0.25, -0.2) is 4.39 Å². The molecule has 6 heteroatoms. The first-order chi connectivity index (χ1) is 11.5. The van der Waals surface area contributed by atoms with E-state index in [-0.39, 0.29) is 18.2 Å². The van der Waals surface area contributed by atoms with Crippen molar-refractivity contribution in [2.45, 2.75) is 19.5 Å². The number of carbonyl (C=O) groups excluding carboxylic acids is 1. The van der Waals surface area contributed by atoms with Crippen molar-refractivity contribution in [1.29, 1.82) is 0 Å². The molecule has 0 saturated carbocycles. The normalized spacial score (nSPS) is 12.2. The van der Waals surface area contributed by atoms with Crippen LogP contribution < -0.4 is 11.1 Å². The lowest BCUT2D eigenvalue weighted by atomic mass is 10.1. The van der Waals surface area contributed by atoms with E-state index in [2.05, 4.69) is 5.32 Å². The number of aliphatic hydroxyl groups excluding tert-OH is 1. The molecule has 0 radical (unpaired) electrons. The largest absolute Gasteiger partial charge is 0.399 e. The highest BCUT2D eigenvalue weighted by Gasteiger charge is 2.22. The molecular weight excluding hydrogens is 309 g/mol. The predicted molar refractivity (Wildman–Crippen MR) is 92.8 cm³/mol. The first-order valence-corrected chi connectivity index (χ1v) is 7.76. The molecule has 0 aromatic heterocycles. The number of hydrogen-bond donors (Lipinski definition) is 3. The van der Waals surface area contributed by atoms with Crippen molar-refractivity contribution in [3.63, 3.8) is 0 Å². The molecule has 2 aromatic rings. The van der Waals surface area contributed by atoms with Crippen LogP contribution in [0.15, 0.2) is 48.5 Å². The molecule has 0 heterocycles. The van der Waals surface area contributed by atoms with Crippen LogP contribution in [0.1, 0.15) is 12.5 Å². The van der Waals surface area contributed by atoms with E-state index >= 15 is 0 Å². The zero-order chi connectivity index (χ0) is 17.5. The van der Waals surface area contributed by atoms with E-state index in [0.717, 1.165) is 5.56 Å². The molecule has 4 N–H and O–H groups in total. The molecule has 0 fully saturated rings. The van der Waals surface area contributed by atoms with Crippen molar-refractivity contribution in [1.82, 2.24) is 4.90 Å². The third-order valence-electron chi connectivity index (χ3n) is 3.79. The van der Waals surface area contributed by atoms with E-state index in [4.69, 9.17) is 5.73 Å². The molecule has 1 unspecified atom stereocenters. The van der Waals surface area contributed by atoms with Gasteiger partial charge in [-0.05, 0) is 30.7 Å². The van der Waals surface area contributed by atoms with Crippen LogP contribution in [0.4, 0.5) is 15.8 Å². The predicted octanol–water partition coefficient (Wildman–Crippen LogP) is 2.23. The molecule has 1 atom stereocenters. The summed E-state index contributed by atoms with van der Waals surface area (Å²) in [5, 5.41) is 11.8. The van der Waals surface area contributed by atoms with E-state index in [1.807, 2.05) is 35.2 Å². The van der Waals surface area contributed by atoms with Gasteiger partial charge in [-0.15, -0.1) is 0 Å². The average molecular weight is 331 g/mol. The molecule has 2 aromatic carbocycles. The van der Waals surface area contributed by atoms with Crippen molar-refractivity contribution in [2.24, 2.45) is 0 Å². The van der Waals surface area contributed by atoms with E-state index < -0.39 is 11.9 Å². The van der Waals surface area contributed by atoms with Crippen molar-refractivity contribution in [2.75, 3.05) is 24.2 Å². The fraction of sp³-hybridized carbons (Fsp3) is 0.278. The van der Waals surface area contributed by atoms with Crippen LogP contribution in [-0.2, 0) is 11.3 Å². The van der Waals surface area contributed by atoms with Crippen LogP contribution in [0.2, 0.25) is 0 Å². The molecule has 24 heavy (non-hydrogen) atoms. The van der Waals surface area contributed by atoms with Gasteiger partial charge in [0.1, 0.15) is 5.82 Å². The van der Waals surface area contributed by atoms with E-state index in [1.165, 1.54) is 18.2 Å². The van der Waals surface area contributed by atoms with Gasteiger partial charge in [-0.3, -0.25) is 9.69 Å². The second-order valence-electron chi connectivity index (χ2n) is 5.58. The minimum Gasteiger partial charge on any atom is -0.399 e. The van der Waals surface area contributed by atoms with Gasteiger partial charge in [-0.1, -0.05) is 30.3 Å². The highest BCUT2D eigenvalue weighted by Crippen LogP contribution is 2.18. The number of halogens is 1. The summed E-state index contributed by atoms with van der Waals surface area (Å²) in [7, 11) is 0. The smallest absolute Gasteiger partial charge is 0.241 e. The Labute approximate surface area is 140 Å². The van der Waals surface area contributed by atoms with Gasteiger partial charge in [0.2, 0.25) is 5.91 Å². The number of nitrogens with one attached hydrogen (secondary N) is 1. The number of nitrogens with two attached hydrogens (primary N) is 1. The van der Waals surface area contributed by atoms with E-state index in [1.54, 1.807) is 6.92 Å². The fourth-order valence-electron chi connectivity index (χ4n) is 2.40. The highest BCUT2D eigenvalue weighted by molar-refractivity contribution is 5.95. The molecule has 0 bridgehead atoms. The van der Waals surface area contributed by atoms with Crippen LogP contribution in [0.5, 0.6) is 0 Å². The van der Waals surface area contributed by atoms with Crippen LogP contribution in [0.3, 0.4) is 0 Å². The Morgan fingerprint density at radius 3 is 2.67 bits per heavy atom. The first-order valence-electron chi connectivity index (χ1n) is 7.76. The average Bonchev–Trinajstić information content (AvgIpc) is 2.58. The number of nitrogens with zero attached hydrogens (tertiary/aromatic N) is 1. The summed E-state index contributed by atoms with van der Waals surface area (Å²) in [6, 6.07) is 13.1. The number of carbonyl (C=O) groups is 1. The number of rotatable bonds is 7. The Hall–Kier alpha value is -2.44. The van der Waals surface area contributed by atoms with Crippen molar-refractivity contribution in [3.8, 4) is 0 Å². The zero-order valence-electron chi connectivity index (χ0n) is 13.6. The third-order valence-corrected chi connectivity index (χ3v) is 3.79. The highest BCUT2D eigenvalue weighted by atomic mass is 19.1. The molecule has 128 valence electrons. The van der Waals surface area contributed by atoms with Crippen molar-refractivity contribution < 1.29 is 14.3 Å². The van der Waals surface area contributed by atoms with Gasteiger partial charge in [0.15, 0.2) is 0 Å². The second kappa shape index (κ2) is 8.42. The molecule has 0 aliphatic heterocycles. The monoisotopic (exact) mass is 331 g/mol. The Bertz CT molecular complexity index is 679. The number of nitrogen functional groups attached to an aromatic ring is 1. The molecule has 0 saturated heterocycles. The maximum atomic E-state index is 13.8. The molecule has 0 spiro atoms. The minimum absolute atomic E-state index is 0.0514. The van der Waals surface area contributed by atoms with Crippen LogP contribution >= 0.6 is 0 Å². The van der Waals surface area contributed by atoms with Gasteiger partial charge >= 0.3 is 0 Å². The molecular formula is C18H22FN3O2. The fourth-order valence-corrected chi connectivity index (χ4v) is 2.40. The van der Waals surface area contributed by atoms with Crippen LogP contribution in [0, 0.1) is 5.82 Å². The topological polar surface area (TPSA) is 78.6 Å². The number of hydrogen-bond acceptors (Lipinski definition) is 4. The van der Waals surface area contributed by atoms with Crippen molar-refractivity contribution >= 4 is 17.3 Å². The van der Waals surface area contributed by atoms with Gasteiger partial charge in [0.25, 0.3) is 0 Å². The summed E-state index contributed by atoms with van der Waals surface area (Å²) in [6.45, 7) is 2.49. The van der Waals surface area contributed by atoms with Gasteiger partial charge in [0.05, 0.1) is 18.3 Å². The van der Waals surface area contributed by atoms with Gasteiger partial charge in [-0.2, -0.15) is 0 Å². The number of amides is 1. The molecule has 5 nitrogen and oxygen atoms in total. The van der Waals surface area contributed by atoms with Crippen molar-refractivity contribution in [3.05, 3.63) is 59.9 Å². The molecule has 0 aliphatic rings. The third kappa shape index (κ3) is 4.78. The number of anilines is 2. The zero-order valence-corrected chi connectivity index (χ0v) is 13.6. The summed E-state index contributed by atoms with van der Waals surface area (Å²) in [6.07, 6.45) is 0. The Morgan fingerprint density at radius 2 is 2.00 bits per heavy atom. The standard InChI is InChI=1S/C18H22FN3O2/c1-13(18(24)21-17-11-15(20)7-8-16(17)19)22(9-10-23)12-14-5-3-2-4-6-14/h2-8,11,13,23H,9-10,12,20H2,1H3,(H,21,24). The summed E-state index contributed by atoms with van der Waals surface area (Å²) in [5.74, 6) is -0.898. The Morgan fingerprint density at radius 1 is 1.29 bits per heavy atom. The minimum atomic E-state index is -0.543. The molecule has 1 amide bonds. The molecule has 2 rings (SSSR count). The number of benzene rings is 2. The summed E-state index contributed by atoms with van der Waals surface area (Å²) in [4.78, 5) is 14.3. The van der Waals surface area contributed by atoms with Gasteiger partial charge < -0.3 is 16.2 Å². The molecule has 0 aliphatic carbocycles. The summed E-state index contributed by atoms with van der Waals surface area (Å²) >= 11 is 0. The Kier molecular flexibility index (Phi) is 6.28. The van der Waals surface area contributed by atoms with E-state index in [9.17, 15) is 14.3 Å². The van der Waals surface area contributed by atoms with E-state index in [0.29, 0.717) is 18.8 Å². The van der Waals surface area contributed by atoms with Crippen LogP contribution in [0.25, 0.3) is 0 Å². The lowest BCUT2D eigenvalue weighted by molar-refractivity contribution is -0.121. The van der Waals surface area contributed by atoms with Gasteiger partial charge in [0, 0.05) is 18.8 Å². The summed E-state index contributed by atoms with van der Waals surface area (Å²) in [5.41, 5.74) is 7.08. The first kappa shape index (κ1) is 17.9. The second-order valence-corrected chi connectivity index (χ2v) is 5.58. The SMILES string of the molecule is CC(C(=O)Nc1cc(N)ccc1F)N(CCO)Cc1ccccc1. The summed E-state index contributed by atoms with van der Waals surface area (Å²) < 4.78 is 13.8.